The second-order valence-electron chi connectivity index (χ2n) is 7.87. The molecular formula is C23H21N3O4. The lowest BCUT2D eigenvalue weighted by molar-refractivity contribution is -0.134. The molecule has 1 saturated carbocycles. The smallest absolute Gasteiger partial charge is 0.254 e. The maximum atomic E-state index is 12.9. The van der Waals surface area contributed by atoms with Crippen LogP contribution in [0.4, 0.5) is 0 Å². The van der Waals surface area contributed by atoms with E-state index in [0.29, 0.717) is 37.3 Å². The van der Waals surface area contributed by atoms with E-state index in [0.717, 1.165) is 23.5 Å². The molecule has 7 heteroatoms. The zero-order chi connectivity index (χ0) is 20.7. The van der Waals surface area contributed by atoms with E-state index >= 15 is 0 Å². The van der Waals surface area contributed by atoms with Crippen molar-refractivity contribution in [2.45, 2.75) is 12.3 Å². The molecule has 2 heterocycles. The normalized spacial score (nSPS) is 21.8. The van der Waals surface area contributed by atoms with E-state index in [9.17, 15) is 9.59 Å². The van der Waals surface area contributed by atoms with Crippen LogP contribution < -0.4 is 9.47 Å². The molecule has 2 aromatic rings. The predicted octanol–water partition coefficient (Wildman–Crippen LogP) is 2.38. The number of piperazine rings is 1. The molecule has 2 aliphatic heterocycles. The number of nitrogens with zero attached hydrogens (tertiary/aromatic N) is 3. The van der Waals surface area contributed by atoms with Gasteiger partial charge in [0, 0.05) is 37.7 Å². The summed E-state index contributed by atoms with van der Waals surface area (Å²) in [5, 5.41) is 9.03. The molecule has 2 aromatic carbocycles. The van der Waals surface area contributed by atoms with Crippen molar-refractivity contribution in [1.29, 1.82) is 5.26 Å². The molecule has 1 aliphatic carbocycles. The molecular weight excluding hydrogens is 382 g/mol. The van der Waals surface area contributed by atoms with Crippen molar-refractivity contribution in [3.63, 3.8) is 0 Å². The fourth-order valence-electron chi connectivity index (χ4n) is 4.25. The van der Waals surface area contributed by atoms with Crippen LogP contribution >= 0.6 is 0 Å². The molecule has 0 aromatic heterocycles. The van der Waals surface area contributed by atoms with Gasteiger partial charge in [-0.1, -0.05) is 12.1 Å². The highest BCUT2D eigenvalue weighted by Gasteiger charge is 2.46. The number of amides is 2. The fraction of sp³-hybridized carbons (Fsp3) is 0.348. The minimum absolute atomic E-state index is 0.0000620. The molecule has 2 atom stereocenters. The lowest BCUT2D eigenvalue weighted by Gasteiger charge is -2.35. The number of carbonyl (C=O) groups is 2. The Hall–Kier alpha value is -3.53. The van der Waals surface area contributed by atoms with E-state index in [2.05, 4.69) is 6.07 Å². The molecule has 2 amide bonds. The van der Waals surface area contributed by atoms with Gasteiger partial charge in [-0.25, -0.2) is 0 Å². The summed E-state index contributed by atoms with van der Waals surface area (Å²) in [5.74, 6) is 1.79. The van der Waals surface area contributed by atoms with Crippen LogP contribution in [0.1, 0.15) is 33.8 Å². The summed E-state index contributed by atoms with van der Waals surface area (Å²) in [5.41, 5.74) is 2.10. The van der Waals surface area contributed by atoms with Gasteiger partial charge >= 0.3 is 0 Å². The summed E-state index contributed by atoms with van der Waals surface area (Å²) in [6.07, 6.45) is 0.846. The van der Waals surface area contributed by atoms with Crippen LogP contribution in [-0.4, -0.2) is 54.6 Å². The van der Waals surface area contributed by atoms with Gasteiger partial charge in [-0.3, -0.25) is 9.59 Å². The van der Waals surface area contributed by atoms with Crippen LogP contribution in [0.15, 0.2) is 42.5 Å². The van der Waals surface area contributed by atoms with Gasteiger partial charge in [0.15, 0.2) is 11.5 Å². The summed E-state index contributed by atoms with van der Waals surface area (Å²) in [4.78, 5) is 29.3. The zero-order valence-electron chi connectivity index (χ0n) is 16.4. The molecule has 0 spiro atoms. The molecule has 0 bridgehead atoms. The van der Waals surface area contributed by atoms with Crippen LogP contribution in [0.3, 0.4) is 0 Å². The summed E-state index contributed by atoms with van der Waals surface area (Å²) in [6.45, 7) is 2.32. The quantitative estimate of drug-likeness (QED) is 0.786. The summed E-state index contributed by atoms with van der Waals surface area (Å²) >= 11 is 0. The van der Waals surface area contributed by atoms with Crippen LogP contribution in [0.25, 0.3) is 0 Å². The molecule has 1 saturated heterocycles. The van der Waals surface area contributed by atoms with E-state index in [1.54, 1.807) is 29.2 Å². The maximum absolute atomic E-state index is 12.9. The van der Waals surface area contributed by atoms with Crippen molar-refractivity contribution in [2.24, 2.45) is 5.92 Å². The number of benzene rings is 2. The molecule has 3 aliphatic rings. The van der Waals surface area contributed by atoms with Crippen LogP contribution in [0.2, 0.25) is 0 Å². The van der Waals surface area contributed by atoms with E-state index < -0.39 is 0 Å². The third-order valence-corrected chi connectivity index (χ3v) is 6.05. The van der Waals surface area contributed by atoms with Crippen LogP contribution in [0.5, 0.6) is 11.5 Å². The Morgan fingerprint density at radius 2 is 1.73 bits per heavy atom. The summed E-state index contributed by atoms with van der Waals surface area (Å²) in [6, 6.07) is 14.7. The number of carbonyl (C=O) groups excluding carboxylic acids is 2. The Morgan fingerprint density at radius 1 is 0.967 bits per heavy atom. The number of ether oxygens (including phenoxy) is 2. The molecule has 0 N–H and O–H groups in total. The molecule has 2 fully saturated rings. The largest absolute Gasteiger partial charge is 0.454 e. The van der Waals surface area contributed by atoms with Crippen LogP contribution in [-0.2, 0) is 4.79 Å². The minimum Gasteiger partial charge on any atom is -0.454 e. The van der Waals surface area contributed by atoms with Crippen molar-refractivity contribution < 1.29 is 19.1 Å². The number of nitriles is 1. The third-order valence-electron chi connectivity index (χ3n) is 6.05. The first kappa shape index (κ1) is 18.5. The van der Waals surface area contributed by atoms with E-state index in [1.165, 1.54) is 0 Å². The molecule has 2 unspecified atom stereocenters. The van der Waals surface area contributed by atoms with Crippen LogP contribution in [0, 0.1) is 17.2 Å². The van der Waals surface area contributed by atoms with Crippen molar-refractivity contribution in [2.75, 3.05) is 33.0 Å². The highest BCUT2D eigenvalue weighted by atomic mass is 16.7. The first-order valence-corrected chi connectivity index (χ1v) is 10.1. The lowest BCUT2D eigenvalue weighted by atomic mass is 10.1. The topological polar surface area (TPSA) is 82.9 Å². The first-order valence-electron chi connectivity index (χ1n) is 10.1. The van der Waals surface area contributed by atoms with Gasteiger partial charge in [0.05, 0.1) is 11.6 Å². The number of rotatable bonds is 3. The second-order valence-corrected chi connectivity index (χ2v) is 7.87. The molecule has 7 nitrogen and oxygen atoms in total. The van der Waals surface area contributed by atoms with E-state index in [1.807, 2.05) is 23.1 Å². The SMILES string of the molecule is N#Cc1cccc(C(=O)N2CCN(C(=O)C3CC3c3ccc4c(c3)OCO4)CC2)c1. The lowest BCUT2D eigenvalue weighted by Crippen LogP contribution is -2.51. The van der Waals surface area contributed by atoms with Gasteiger partial charge in [-0.05, 0) is 48.2 Å². The average molecular weight is 403 g/mol. The summed E-state index contributed by atoms with van der Waals surface area (Å²) < 4.78 is 10.8. The maximum Gasteiger partial charge on any atom is 0.254 e. The second kappa shape index (κ2) is 7.38. The molecule has 152 valence electrons. The van der Waals surface area contributed by atoms with E-state index in [-0.39, 0.29) is 30.4 Å². The highest BCUT2D eigenvalue weighted by molar-refractivity contribution is 5.94. The van der Waals surface area contributed by atoms with Crippen molar-refractivity contribution in [3.05, 3.63) is 59.2 Å². The summed E-state index contributed by atoms with van der Waals surface area (Å²) in [7, 11) is 0. The molecule has 30 heavy (non-hydrogen) atoms. The number of fused-ring (bicyclic) bond motifs is 1. The average Bonchev–Trinajstić information content (AvgIpc) is 3.47. The van der Waals surface area contributed by atoms with E-state index in [4.69, 9.17) is 14.7 Å². The van der Waals surface area contributed by atoms with Gasteiger partial charge in [0.1, 0.15) is 0 Å². The van der Waals surface area contributed by atoms with Gasteiger partial charge in [0.25, 0.3) is 5.91 Å². The zero-order valence-corrected chi connectivity index (χ0v) is 16.4. The monoisotopic (exact) mass is 403 g/mol. The fourth-order valence-corrected chi connectivity index (χ4v) is 4.25. The van der Waals surface area contributed by atoms with Gasteiger partial charge in [0.2, 0.25) is 12.7 Å². The molecule has 0 radical (unpaired) electrons. The standard InChI is InChI=1S/C23H21N3O4/c24-13-15-2-1-3-17(10-15)22(27)25-6-8-26(9-7-25)23(28)19-12-18(19)16-4-5-20-21(11-16)30-14-29-20/h1-5,10-11,18-19H,6-9,12,14H2. The third kappa shape index (κ3) is 3.35. The Balaban J connectivity index is 1.18. The predicted molar refractivity (Wildman–Crippen MR) is 107 cm³/mol. The Bertz CT molecular complexity index is 1050. The van der Waals surface area contributed by atoms with Gasteiger partial charge < -0.3 is 19.3 Å². The number of hydrogen-bond donors (Lipinski definition) is 0. The molecule has 5 rings (SSSR count). The Kier molecular flexibility index (Phi) is 4.55. The van der Waals surface area contributed by atoms with Gasteiger partial charge in [-0.2, -0.15) is 5.26 Å². The van der Waals surface area contributed by atoms with Crippen molar-refractivity contribution in [3.8, 4) is 17.6 Å². The highest BCUT2D eigenvalue weighted by Crippen LogP contribution is 2.50. The Labute approximate surface area is 174 Å². The number of hydrogen-bond acceptors (Lipinski definition) is 5. The van der Waals surface area contributed by atoms with Crippen molar-refractivity contribution >= 4 is 11.8 Å². The Morgan fingerprint density at radius 3 is 2.53 bits per heavy atom. The van der Waals surface area contributed by atoms with Crippen molar-refractivity contribution in [1.82, 2.24) is 9.80 Å². The minimum atomic E-state index is -0.0937. The first-order chi connectivity index (χ1) is 14.6. The van der Waals surface area contributed by atoms with Gasteiger partial charge in [-0.15, -0.1) is 0 Å².